The Morgan fingerprint density at radius 3 is 2.29 bits per heavy atom. The van der Waals surface area contributed by atoms with E-state index >= 15 is 0 Å². The Bertz CT molecular complexity index is 552. The van der Waals surface area contributed by atoms with Gasteiger partial charge in [0.25, 0.3) is 0 Å². The van der Waals surface area contributed by atoms with Gasteiger partial charge in [-0.05, 0) is 24.6 Å². The Kier molecular flexibility index (Phi) is 3.80. The standard InChI is InChI=1S/C11H8N4O2/c1-7-2-3-8(14-10(16)5-12)4-9(7)15-11(17)6-13/h2-4H,1H3,(H,14,16)(H,15,17). The number of rotatable bonds is 2. The minimum atomic E-state index is -0.800. The number of hydrogen-bond donors (Lipinski definition) is 2. The molecule has 0 atom stereocenters. The Balaban J connectivity index is 2.95. The van der Waals surface area contributed by atoms with Crippen LogP contribution >= 0.6 is 0 Å². The molecule has 17 heavy (non-hydrogen) atoms. The van der Waals surface area contributed by atoms with E-state index in [1.54, 1.807) is 19.1 Å². The lowest BCUT2D eigenvalue weighted by Gasteiger charge is -2.08. The van der Waals surface area contributed by atoms with Crippen molar-refractivity contribution < 1.29 is 9.59 Å². The van der Waals surface area contributed by atoms with Crippen LogP contribution in [0.2, 0.25) is 0 Å². The van der Waals surface area contributed by atoms with E-state index in [-0.39, 0.29) is 0 Å². The van der Waals surface area contributed by atoms with Gasteiger partial charge in [-0.2, -0.15) is 10.5 Å². The molecule has 0 heterocycles. The zero-order valence-corrected chi connectivity index (χ0v) is 8.94. The number of nitrogens with one attached hydrogen (secondary N) is 2. The molecular weight excluding hydrogens is 220 g/mol. The Labute approximate surface area is 97.5 Å². The van der Waals surface area contributed by atoms with E-state index in [0.29, 0.717) is 11.4 Å². The molecule has 0 spiro atoms. The van der Waals surface area contributed by atoms with Crippen LogP contribution in [0.4, 0.5) is 11.4 Å². The summed E-state index contributed by atoms with van der Waals surface area (Å²) in [5, 5.41) is 21.4. The van der Waals surface area contributed by atoms with Crippen molar-refractivity contribution in [1.82, 2.24) is 0 Å². The van der Waals surface area contributed by atoms with Crippen molar-refractivity contribution in [3.05, 3.63) is 23.8 Å². The molecule has 2 N–H and O–H groups in total. The van der Waals surface area contributed by atoms with E-state index in [1.807, 2.05) is 0 Å². The lowest BCUT2D eigenvalue weighted by molar-refractivity contribution is -0.112. The van der Waals surface area contributed by atoms with Crippen molar-refractivity contribution in [2.75, 3.05) is 10.6 Å². The highest BCUT2D eigenvalue weighted by atomic mass is 16.2. The van der Waals surface area contributed by atoms with Gasteiger partial charge in [-0.3, -0.25) is 9.59 Å². The second kappa shape index (κ2) is 5.29. The first-order chi connectivity index (χ1) is 8.06. The first-order valence-corrected chi connectivity index (χ1v) is 4.59. The summed E-state index contributed by atoms with van der Waals surface area (Å²) in [6.45, 7) is 1.74. The van der Waals surface area contributed by atoms with Gasteiger partial charge in [0.15, 0.2) is 12.1 Å². The molecule has 0 bridgehead atoms. The van der Waals surface area contributed by atoms with E-state index in [2.05, 4.69) is 10.6 Å². The molecule has 0 fully saturated rings. The van der Waals surface area contributed by atoms with E-state index in [4.69, 9.17) is 10.5 Å². The maximum absolute atomic E-state index is 10.9. The summed E-state index contributed by atoms with van der Waals surface area (Å²) >= 11 is 0. The molecule has 0 saturated heterocycles. The van der Waals surface area contributed by atoms with Crippen LogP contribution < -0.4 is 10.6 Å². The monoisotopic (exact) mass is 228 g/mol. The summed E-state index contributed by atoms with van der Waals surface area (Å²) in [6.07, 6.45) is 0. The number of aryl methyl sites for hydroxylation is 1. The zero-order chi connectivity index (χ0) is 12.8. The second-order valence-corrected chi connectivity index (χ2v) is 3.16. The van der Waals surface area contributed by atoms with Crippen molar-refractivity contribution in [1.29, 1.82) is 10.5 Å². The predicted molar refractivity (Wildman–Crippen MR) is 59.7 cm³/mol. The van der Waals surface area contributed by atoms with Crippen molar-refractivity contribution in [2.24, 2.45) is 0 Å². The number of nitriles is 2. The van der Waals surface area contributed by atoms with Gasteiger partial charge in [-0.25, -0.2) is 0 Å². The lowest BCUT2D eigenvalue weighted by atomic mass is 10.1. The molecule has 0 unspecified atom stereocenters. The molecular formula is C11H8N4O2. The van der Waals surface area contributed by atoms with Gasteiger partial charge in [0.05, 0.1) is 0 Å². The second-order valence-electron chi connectivity index (χ2n) is 3.16. The number of nitrogens with zero attached hydrogens (tertiary/aromatic N) is 2. The van der Waals surface area contributed by atoms with Crippen LogP contribution in [0.15, 0.2) is 18.2 Å². The molecule has 0 aliphatic heterocycles. The molecule has 0 aromatic heterocycles. The zero-order valence-electron chi connectivity index (χ0n) is 8.94. The summed E-state index contributed by atoms with van der Waals surface area (Å²) in [6, 6.07) is 7.55. The van der Waals surface area contributed by atoms with Crippen LogP contribution in [0.25, 0.3) is 0 Å². The fourth-order valence-electron chi connectivity index (χ4n) is 1.14. The minimum Gasteiger partial charge on any atom is -0.313 e. The smallest absolute Gasteiger partial charge is 0.313 e. The third-order valence-corrected chi connectivity index (χ3v) is 1.95. The molecule has 1 aromatic carbocycles. The first kappa shape index (κ1) is 12.2. The Morgan fingerprint density at radius 2 is 1.71 bits per heavy atom. The molecule has 0 saturated carbocycles. The fraction of sp³-hybridized carbons (Fsp3) is 0.0909. The molecule has 0 aliphatic carbocycles. The van der Waals surface area contributed by atoms with Gasteiger partial charge in [-0.1, -0.05) is 6.07 Å². The van der Waals surface area contributed by atoms with Crippen LogP contribution in [-0.4, -0.2) is 11.8 Å². The van der Waals surface area contributed by atoms with Gasteiger partial charge in [0.2, 0.25) is 0 Å². The van der Waals surface area contributed by atoms with Crippen LogP contribution in [0.3, 0.4) is 0 Å². The van der Waals surface area contributed by atoms with Gasteiger partial charge in [0, 0.05) is 11.4 Å². The lowest BCUT2D eigenvalue weighted by Crippen LogP contribution is -2.11. The van der Waals surface area contributed by atoms with Gasteiger partial charge in [-0.15, -0.1) is 0 Å². The van der Waals surface area contributed by atoms with Gasteiger partial charge < -0.3 is 10.6 Å². The molecule has 84 valence electrons. The summed E-state index contributed by atoms with van der Waals surface area (Å²) in [7, 11) is 0. The largest absolute Gasteiger partial charge is 0.326 e. The van der Waals surface area contributed by atoms with E-state index < -0.39 is 11.8 Å². The van der Waals surface area contributed by atoms with Crippen LogP contribution in [0.5, 0.6) is 0 Å². The Morgan fingerprint density at radius 1 is 1.12 bits per heavy atom. The van der Waals surface area contributed by atoms with Crippen LogP contribution in [0.1, 0.15) is 5.56 Å². The number of amides is 2. The highest BCUT2D eigenvalue weighted by Gasteiger charge is 2.06. The molecule has 6 heteroatoms. The predicted octanol–water partition coefficient (Wildman–Crippen LogP) is 0.919. The van der Waals surface area contributed by atoms with E-state index in [1.165, 1.54) is 18.2 Å². The summed E-state index contributed by atoms with van der Waals surface area (Å²) in [5.74, 6) is -1.59. The summed E-state index contributed by atoms with van der Waals surface area (Å²) in [5.41, 5.74) is 1.52. The highest BCUT2D eigenvalue weighted by molar-refractivity contribution is 6.04. The minimum absolute atomic E-state index is 0.371. The van der Waals surface area contributed by atoms with Crippen molar-refractivity contribution >= 4 is 23.2 Å². The third kappa shape index (κ3) is 3.33. The number of carbonyl (C=O) groups is 2. The quantitative estimate of drug-likeness (QED) is 0.734. The molecule has 1 rings (SSSR count). The maximum Gasteiger partial charge on any atom is 0.326 e. The van der Waals surface area contributed by atoms with Crippen molar-refractivity contribution in [3.8, 4) is 12.1 Å². The number of benzene rings is 1. The van der Waals surface area contributed by atoms with Crippen molar-refractivity contribution in [2.45, 2.75) is 6.92 Å². The molecule has 6 nitrogen and oxygen atoms in total. The average molecular weight is 228 g/mol. The maximum atomic E-state index is 10.9. The SMILES string of the molecule is Cc1ccc(NC(=O)C#N)cc1NC(=O)C#N. The average Bonchev–Trinajstić information content (AvgIpc) is 2.33. The first-order valence-electron chi connectivity index (χ1n) is 4.59. The topological polar surface area (TPSA) is 106 Å². The number of hydrogen-bond acceptors (Lipinski definition) is 4. The summed E-state index contributed by atoms with van der Waals surface area (Å²) < 4.78 is 0. The molecule has 2 amide bonds. The third-order valence-electron chi connectivity index (χ3n) is 1.95. The van der Waals surface area contributed by atoms with E-state index in [0.717, 1.165) is 5.56 Å². The highest BCUT2D eigenvalue weighted by Crippen LogP contribution is 2.20. The number of anilines is 2. The van der Waals surface area contributed by atoms with Gasteiger partial charge in [0.1, 0.15) is 0 Å². The molecule has 1 aromatic rings. The molecule has 0 aliphatic rings. The fourth-order valence-corrected chi connectivity index (χ4v) is 1.14. The summed E-state index contributed by atoms with van der Waals surface area (Å²) in [4.78, 5) is 21.8. The normalized spacial score (nSPS) is 8.65. The Hall–Kier alpha value is -2.86. The van der Waals surface area contributed by atoms with Crippen LogP contribution in [0, 0.1) is 29.6 Å². The molecule has 0 radical (unpaired) electrons. The van der Waals surface area contributed by atoms with Crippen LogP contribution in [-0.2, 0) is 9.59 Å². The van der Waals surface area contributed by atoms with Gasteiger partial charge >= 0.3 is 11.8 Å². The number of carbonyl (C=O) groups excluding carboxylic acids is 2. The van der Waals surface area contributed by atoms with Crippen molar-refractivity contribution in [3.63, 3.8) is 0 Å². The van der Waals surface area contributed by atoms with E-state index in [9.17, 15) is 9.59 Å².